The zero-order valence-corrected chi connectivity index (χ0v) is 33.9. The second-order valence-corrected chi connectivity index (χ2v) is 17.7. The number of hydrogen-bond donors (Lipinski definition) is 1. The Morgan fingerprint density at radius 3 is 1.98 bits per heavy atom. The van der Waals surface area contributed by atoms with Crippen LogP contribution < -0.4 is 0 Å². The van der Waals surface area contributed by atoms with Gasteiger partial charge in [-0.2, -0.15) is 0 Å². The Labute approximate surface area is 339 Å². The second-order valence-electron chi connectivity index (χ2n) is 17.7. The minimum Gasteiger partial charge on any atom is -0.354 e. The Balaban J connectivity index is 1.27. The molecule has 282 valence electrons. The van der Waals surface area contributed by atoms with Crippen LogP contribution in [0.15, 0.2) is 164 Å². The molecule has 0 aliphatic rings. The van der Waals surface area contributed by atoms with Crippen LogP contribution in [0.2, 0.25) is 0 Å². The van der Waals surface area contributed by atoms with Gasteiger partial charge in [-0.1, -0.05) is 151 Å². The topological polar surface area (TPSA) is 46.5 Å². The zero-order chi connectivity index (χ0) is 39.8. The number of pyridine rings is 1. The Morgan fingerprint density at radius 2 is 1.17 bits per heavy atom. The fourth-order valence-corrected chi connectivity index (χ4v) is 8.45. The van der Waals surface area contributed by atoms with E-state index in [4.69, 9.17) is 9.97 Å². The first-order valence-corrected chi connectivity index (χ1v) is 20.2. The molecule has 10 rings (SSSR count). The first-order valence-electron chi connectivity index (χ1n) is 20.2. The van der Waals surface area contributed by atoms with E-state index in [-0.39, 0.29) is 10.8 Å². The molecule has 0 unspecified atom stereocenters. The van der Waals surface area contributed by atoms with Crippen molar-refractivity contribution in [3.8, 4) is 50.6 Å². The Morgan fingerprint density at radius 1 is 0.500 bits per heavy atom. The van der Waals surface area contributed by atoms with E-state index in [0.717, 1.165) is 78.0 Å². The van der Waals surface area contributed by atoms with Crippen molar-refractivity contribution in [1.29, 1.82) is 0 Å². The number of benzene rings is 7. The molecule has 0 bridgehead atoms. The number of fused-ring (bicyclic) bond motifs is 5. The standard InChI is InChI=1S/C54H46N4/c1-53(2,3)39-26-27-46-43(30-39)44-31-40(54(4,5)6)32-45(50(44)56-46)52-57-51-42(36-20-14-21-37(28-36)47-29-35-18-10-11-19-38(35)33-55-47)23-15-25-49(51)58(52)48-24-13-12-22-41(48)34-16-8-7-9-17-34/h7-33,56H,1-6H3. The van der Waals surface area contributed by atoms with Crippen molar-refractivity contribution in [3.05, 3.63) is 175 Å². The molecule has 0 atom stereocenters. The predicted molar refractivity (Wildman–Crippen MR) is 245 cm³/mol. The van der Waals surface area contributed by atoms with E-state index in [1.807, 2.05) is 6.20 Å². The maximum Gasteiger partial charge on any atom is 0.147 e. The second kappa shape index (κ2) is 13.4. The van der Waals surface area contributed by atoms with E-state index >= 15 is 0 Å². The fourth-order valence-electron chi connectivity index (χ4n) is 8.45. The third-order valence-electron chi connectivity index (χ3n) is 11.7. The molecular weight excluding hydrogens is 705 g/mol. The molecule has 10 aromatic rings. The number of H-pyrrole nitrogens is 1. The molecule has 7 aromatic carbocycles. The maximum atomic E-state index is 5.74. The maximum absolute atomic E-state index is 5.74. The molecule has 0 spiro atoms. The minimum absolute atomic E-state index is 0.0233. The third-order valence-corrected chi connectivity index (χ3v) is 11.7. The molecule has 0 amide bonds. The van der Waals surface area contributed by atoms with Crippen LogP contribution in [-0.4, -0.2) is 19.5 Å². The predicted octanol–water partition coefficient (Wildman–Crippen LogP) is 14.5. The number of hydrogen-bond acceptors (Lipinski definition) is 2. The van der Waals surface area contributed by atoms with Crippen LogP contribution in [0.3, 0.4) is 0 Å². The van der Waals surface area contributed by atoms with Gasteiger partial charge in [-0.25, -0.2) is 4.98 Å². The van der Waals surface area contributed by atoms with E-state index in [2.05, 4.69) is 209 Å². The van der Waals surface area contributed by atoms with E-state index < -0.39 is 0 Å². The Bertz CT molecular complexity index is 3190. The average molecular weight is 751 g/mol. The van der Waals surface area contributed by atoms with Crippen LogP contribution in [0.4, 0.5) is 0 Å². The summed E-state index contributed by atoms with van der Waals surface area (Å²) in [6.07, 6.45) is 1.97. The highest BCUT2D eigenvalue weighted by molar-refractivity contribution is 6.13. The highest BCUT2D eigenvalue weighted by Gasteiger charge is 2.26. The number of para-hydroxylation sites is 2. The van der Waals surface area contributed by atoms with Crippen LogP contribution in [0.25, 0.3) is 94.2 Å². The number of rotatable bonds is 5. The Kier molecular flexibility index (Phi) is 8.24. The Hall–Kier alpha value is -6.78. The monoisotopic (exact) mass is 750 g/mol. The van der Waals surface area contributed by atoms with Gasteiger partial charge in [0.05, 0.1) is 27.9 Å². The van der Waals surface area contributed by atoms with Gasteiger partial charge in [0.15, 0.2) is 0 Å². The van der Waals surface area contributed by atoms with Crippen LogP contribution in [-0.2, 0) is 10.8 Å². The third kappa shape index (κ3) is 6.08. The largest absolute Gasteiger partial charge is 0.354 e. The molecule has 58 heavy (non-hydrogen) atoms. The van der Waals surface area contributed by atoms with E-state index in [1.54, 1.807) is 0 Å². The van der Waals surface area contributed by atoms with Gasteiger partial charge in [-0.15, -0.1) is 0 Å². The van der Waals surface area contributed by atoms with E-state index in [0.29, 0.717) is 0 Å². The van der Waals surface area contributed by atoms with Crippen molar-refractivity contribution >= 4 is 43.6 Å². The van der Waals surface area contributed by atoms with Crippen molar-refractivity contribution < 1.29 is 0 Å². The molecule has 0 fully saturated rings. The minimum atomic E-state index is -0.102. The molecule has 0 saturated carbocycles. The number of aromatic nitrogens is 4. The van der Waals surface area contributed by atoms with Crippen LogP contribution in [0.1, 0.15) is 52.7 Å². The number of aromatic amines is 1. The van der Waals surface area contributed by atoms with Crippen molar-refractivity contribution in [2.75, 3.05) is 0 Å². The lowest BCUT2D eigenvalue weighted by Gasteiger charge is -2.21. The summed E-state index contributed by atoms with van der Waals surface area (Å²) in [6, 6.07) is 57.0. The highest BCUT2D eigenvalue weighted by Crippen LogP contribution is 2.43. The summed E-state index contributed by atoms with van der Waals surface area (Å²) in [4.78, 5) is 14.5. The van der Waals surface area contributed by atoms with Crippen LogP contribution >= 0.6 is 0 Å². The molecule has 0 saturated heterocycles. The molecule has 0 aliphatic heterocycles. The number of nitrogens with zero attached hydrogens (tertiary/aromatic N) is 3. The van der Waals surface area contributed by atoms with Gasteiger partial charge in [0.2, 0.25) is 0 Å². The van der Waals surface area contributed by atoms with Gasteiger partial charge in [-0.05, 0) is 87.0 Å². The normalized spacial score (nSPS) is 12.3. The first-order chi connectivity index (χ1) is 28.0. The van der Waals surface area contributed by atoms with Crippen LogP contribution in [0.5, 0.6) is 0 Å². The summed E-state index contributed by atoms with van der Waals surface area (Å²) < 4.78 is 2.39. The summed E-state index contributed by atoms with van der Waals surface area (Å²) in [6.45, 7) is 13.8. The van der Waals surface area contributed by atoms with Gasteiger partial charge >= 0.3 is 0 Å². The van der Waals surface area contributed by atoms with E-state index in [1.165, 1.54) is 27.3 Å². The molecule has 4 heteroatoms. The molecule has 4 nitrogen and oxygen atoms in total. The fraction of sp³-hybridized carbons (Fsp3) is 0.148. The molecule has 3 heterocycles. The first kappa shape index (κ1) is 35.6. The smallest absolute Gasteiger partial charge is 0.147 e. The highest BCUT2D eigenvalue weighted by atomic mass is 15.1. The molecular formula is C54H46N4. The summed E-state index contributed by atoms with van der Waals surface area (Å²) in [5, 5.41) is 4.77. The van der Waals surface area contributed by atoms with Crippen molar-refractivity contribution in [2.45, 2.75) is 52.4 Å². The SMILES string of the molecule is CC(C)(C)c1ccc2[nH]c3c(-c4nc5c(-c6cccc(-c7cc8ccccc8cn7)c6)cccc5n4-c4ccccc4-c4ccccc4)cc(C(C)(C)C)cc3c2c1. The van der Waals surface area contributed by atoms with Gasteiger partial charge < -0.3 is 4.98 Å². The lowest BCUT2D eigenvalue weighted by atomic mass is 9.84. The zero-order valence-electron chi connectivity index (χ0n) is 33.9. The van der Waals surface area contributed by atoms with Crippen molar-refractivity contribution in [1.82, 2.24) is 19.5 Å². The van der Waals surface area contributed by atoms with Gasteiger partial charge in [-0.3, -0.25) is 9.55 Å². The lowest BCUT2D eigenvalue weighted by Crippen LogP contribution is -2.11. The number of imidazole rings is 1. The molecule has 1 N–H and O–H groups in total. The lowest BCUT2D eigenvalue weighted by molar-refractivity contribution is 0.590. The van der Waals surface area contributed by atoms with Gasteiger partial charge in [0.25, 0.3) is 0 Å². The van der Waals surface area contributed by atoms with E-state index in [9.17, 15) is 0 Å². The summed E-state index contributed by atoms with van der Waals surface area (Å²) in [5.74, 6) is 0.900. The summed E-state index contributed by atoms with van der Waals surface area (Å²) >= 11 is 0. The molecule has 0 aliphatic carbocycles. The van der Waals surface area contributed by atoms with Gasteiger partial charge in [0.1, 0.15) is 5.82 Å². The molecule has 0 radical (unpaired) electrons. The van der Waals surface area contributed by atoms with Crippen LogP contribution in [0, 0.1) is 0 Å². The van der Waals surface area contributed by atoms with Crippen molar-refractivity contribution in [3.63, 3.8) is 0 Å². The summed E-state index contributed by atoms with van der Waals surface area (Å²) in [7, 11) is 0. The van der Waals surface area contributed by atoms with Crippen molar-refractivity contribution in [2.24, 2.45) is 0 Å². The van der Waals surface area contributed by atoms with Gasteiger partial charge in [0, 0.05) is 50.1 Å². The quantitative estimate of drug-likeness (QED) is 0.190. The average Bonchev–Trinajstić information content (AvgIpc) is 3.81. The number of nitrogens with one attached hydrogen (secondary N) is 1. The molecule has 3 aromatic heterocycles. The summed E-state index contributed by atoms with van der Waals surface area (Å²) in [5.41, 5.74) is 15.4.